The molecule has 0 aromatic heterocycles. The first-order chi connectivity index (χ1) is 8.12. The van der Waals surface area contributed by atoms with Gasteiger partial charge in [0.2, 0.25) is 11.6 Å². The standard InChI is InChI=1S/C12H20O6/c1-7-9(13)16-11(3,4)18-12(5,6)17-10(14)15-8-2/h7H,1,8H2,2-6H3. The third-order valence-corrected chi connectivity index (χ3v) is 1.60. The van der Waals surface area contributed by atoms with Crippen LogP contribution in [-0.2, 0) is 23.7 Å². The Kier molecular flexibility index (Phi) is 5.84. The molecule has 0 unspecified atom stereocenters. The molecule has 0 aliphatic rings. The average molecular weight is 260 g/mol. The van der Waals surface area contributed by atoms with Gasteiger partial charge >= 0.3 is 12.1 Å². The van der Waals surface area contributed by atoms with Crippen LogP contribution in [0.15, 0.2) is 12.7 Å². The number of hydrogen-bond acceptors (Lipinski definition) is 6. The van der Waals surface area contributed by atoms with Gasteiger partial charge in [0.25, 0.3) is 0 Å². The lowest BCUT2D eigenvalue weighted by atomic mass is 10.3. The fraction of sp³-hybridized carbons (Fsp3) is 0.667. The highest BCUT2D eigenvalue weighted by molar-refractivity contribution is 5.81. The van der Waals surface area contributed by atoms with Gasteiger partial charge in [0.15, 0.2) is 0 Å². The van der Waals surface area contributed by atoms with E-state index < -0.39 is 23.7 Å². The molecule has 0 radical (unpaired) electrons. The maximum absolute atomic E-state index is 11.2. The molecule has 0 aliphatic carbocycles. The van der Waals surface area contributed by atoms with Gasteiger partial charge in [-0.1, -0.05) is 6.58 Å². The van der Waals surface area contributed by atoms with Crippen LogP contribution in [0, 0.1) is 0 Å². The van der Waals surface area contributed by atoms with Gasteiger partial charge in [0, 0.05) is 33.8 Å². The molecule has 6 nitrogen and oxygen atoms in total. The van der Waals surface area contributed by atoms with Gasteiger partial charge in [0.05, 0.1) is 6.61 Å². The summed E-state index contributed by atoms with van der Waals surface area (Å²) in [4.78, 5) is 22.3. The Morgan fingerprint density at radius 2 is 1.61 bits per heavy atom. The average Bonchev–Trinajstić information content (AvgIpc) is 2.13. The van der Waals surface area contributed by atoms with Crippen molar-refractivity contribution in [3.8, 4) is 0 Å². The van der Waals surface area contributed by atoms with E-state index in [9.17, 15) is 9.59 Å². The summed E-state index contributed by atoms with van der Waals surface area (Å²) in [5.74, 6) is -3.19. The largest absolute Gasteiger partial charge is 0.510 e. The number of rotatable bonds is 6. The molecule has 0 aromatic rings. The van der Waals surface area contributed by atoms with E-state index in [0.717, 1.165) is 6.08 Å². The van der Waals surface area contributed by atoms with E-state index in [-0.39, 0.29) is 6.61 Å². The molecule has 0 bridgehead atoms. The molecule has 0 fully saturated rings. The molecule has 6 heteroatoms. The molecule has 18 heavy (non-hydrogen) atoms. The van der Waals surface area contributed by atoms with E-state index in [4.69, 9.17) is 14.2 Å². The zero-order valence-electron chi connectivity index (χ0n) is 11.4. The molecule has 0 saturated heterocycles. The van der Waals surface area contributed by atoms with Gasteiger partial charge < -0.3 is 14.2 Å². The first-order valence-corrected chi connectivity index (χ1v) is 5.53. The first-order valence-electron chi connectivity index (χ1n) is 5.53. The zero-order valence-corrected chi connectivity index (χ0v) is 11.4. The molecular formula is C12H20O6. The predicted molar refractivity (Wildman–Crippen MR) is 63.6 cm³/mol. The molecule has 0 saturated carbocycles. The Morgan fingerprint density at radius 3 is 2.06 bits per heavy atom. The second-order valence-corrected chi connectivity index (χ2v) is 4.31. The molecule has 0 rings (SSSR count). The van der Waals surface area contributed by atoms with Crippen molar-refractivity contribution in [3.63, 3.8) is 0 Å². The number of esters is 1. The first kappa shape index (κ1) is 16.4. The highest BCUT2D eigenvalue weighted by atomic mass is 16.8. The summed E-state index contributed by atoms with van der Waals surface area (Å²) >= 11 is 0. The molecule has 0 amide bonds. The second kappa shape index (κ2) is 6.39. The van der Waals surface area contributed by atoms with Gasteiger partial charge in [-0.2, -0.15) is 0 Å². The van der Waals surface area contributed by atoms with Crippen LogP contribution in [0.3, 0.4) is 0 Å². The predicted octanol–water partition coefficient (Wildman–Crippen LogP) is 2.38. The number of hydrogen-bond donors (Lipinski definition) is 0. The smallest absolute Gasteiger partial charge is 0.435 e. The molecule has 0 N–H and O–H groups in total. The molecule has 104 valence electrons. The highest BCUT2D eigenvalue weighted by Crippen LogP contribution is 2.23. The SMILES string of the molecule is C=CC(=O)OC(C)(C)OC(C)(C)OC(=O)OCC. The Labute approximate surface area is 107 Å². The number of carbonyl (C=O) groups excluding carboxylic acids is 2. The lowest BCUT2D eigenvalue weighted by molar-refractivity contribution is -0.308. The summed E-state index contributed by atoms with van der Waals surface area (Å²) in [6.07, 6.45) is 0.165. The Bertz CT molecular complexity index is 319. The van der Waals surface area contributed by atoms with E-state index in [1.54, 1.807) is 6.92 Å². The monoisotopic (exact) mass is 260 g/mol. The van der Waals surface area contributed by atoms with Crippen molar-refractivity contribution in [1.82, 2.24) is 0 Å². The fourth-order valence-electron chi connectivity index (χ4n) is 1.27. The lowest BCUT2D eigenvalue weighted by Crippen LogP contribution is -2.43. The van der Waals surface area contributed by atoms with Crippen LogP contribution in [0.2, 0.25) is 0 Å². The molecule has 0 heterocycles. The van der Waals surface area contributed by atoms with Crippen LogP contribution in [-0.4, -0.2) is 30.3 Å². The summed E-state index contributed by atoms with van der Waals surface area (Å²) in [6, 6.07) is 0. The van der Waals surface area contributed by atoms with Crippen molar-refractivity contribution >= 4 is 12.1 Å². The third-order valence-electron chi connectivity index (χ3n) is 1.60. The summed E-state index contributed by atoms with van der Waals surface area (Å²) in [5, 5.41) is 0. The van der Waals surface area contributed by atoms with Crippen molar-refractivity contribution in [2.24, 2.45) is 0 Å². The minimum Gasteiger partial charge on any atom is -0.435 e. The van der Waals surface area contributed by atoms with Crippen molar-refractivity contribution < 1.29 is 28.5 Å². The van der Waals surface area contributed by atoms with Crippen molar-refractivity contribution in [1.29, 1.82) is 0 Å². The van der Waals surface area contributed by atoms with Crippen molar-refractivity contribution in [2.75, 3.05) is 6.61 Å². The third kappa shape index (κ3) is 6.90. The molecule has 0 spiro atoms. The fourth-order valence-corrected chi connectivity index (χ4v) is 1.27. The minimum atomic E-state index is -1.29. The van der Waals surface area contributed by atoms with Gasteiger partial charge in [0.1, 0.15) is 0 Å². The van der Waals surface area contributed by atoms with E-state index in [1.807, 2.05) is 0 Å². The maximum atomic E-state index is 11.2. The lowest BCUT2D eigenvalue weighted by Gasteiger charge is -2.33. The van der Waals surface area contributed by atoms with E-state index in [2.05, 4.69) is 11.3 Å². The van der Waals surface area contributed by atoms with Crippen LogP contribution >= 0.6 is 0 Å². The van der Waals surface area contributed by atoms with Gasteiger partial charge in [-0.3, -0.25) is 4.74 Å². The van der Waals surface area contributed by atoms with E-state index in [0.29, 0.717) is 0 Å². The minimum absolute atomic E-state index is 0.198. The highest BCUT2D eigenvalue weighted by Gasteiger charge is 2.35. The van der Waals surface area contributed by atoms with Crippen molar-refractivity contribution in [2.45, 2.75) is 46.2 Å². The quantitative estimate of drug-likeness (QED) is 0.415. The second-order valence-electron chi connectivity index (χ2n) is 4.31. The number of ether oxygens (including phenoxy) is 4. The molecule has 0 aliphatic heterocycles. The van der Waals surface area contributed by atoms with E-state index in [1.165, 1.54) is 27.7 Å². The van der Waals surface area contributed by atoms with Crippen LogP contribution < -0.4 is 0 Å². The molecule has 0 aromatic carbocycles. The maximum Gasteiger partial charge on any atom is 0.510 e. The summed E-state index contributed by atoms with van der Waals surface area (Å²) < 4.78 is 19.9. The molecular weight excluding hydrogens is 240 g/mol. The van der Waals surface area contributed by atoms with E-state index >= 15 is 0 Å². The number of carbonyl (C=O) groups is 2. The van der Waals surface area contributed by atoms with Crippen LogP contribution in [0.4, 0.5) is 4.79 Å². The summed E-state index contributed by atoms with van der Waals surface area (Å²) in [7, 11) is 0. The molecule has 0 atom stereocenters. The normalized spacial score (nSPS) is 11.6. The van der Waals surface area contributed by atoms with Crippen LogP contribution in [0.5, 0.6) is 0 Å². The Balaban J connectivity index is 4.49. The summed E-state index contributed by atoms with van der Waals surface area (Å²) in [6.45, 7) is 11.2. The van der Waals surface area contributed by atoms with Crippen molar-refractivity contribution in [3.05, 3.63) is 12.7 Å². The van der Waals surface area contributed by atoms with Gasteiger partial charge in [-0.25, -0.2) is 9.59 Å². The Hall–Kier alpha value is -1.56. The zero-order chi connectivity index (χ0) is 14.4. The topological polar surface area (TPSA) is 71.1 Å². The van der Waals surface area contributed by atoms with Gasteiger partial charge in [-0.15, -0.1) is 0 Å². The van der Waals surface area contributed by atoms with Crippen LogP contribution in [0.25, 0.3) is 0 Å². The summed E-state index contributed by atoms with van der Waals surface area (Å²) in [5.41, 5.74) is 0. The Morgan fingerprint density at radius 1 is 1.11 bits per heavy atom. The van der Waals surface area contributed by atoms with Gasteiger partial charge in [-0.05, 0) is 6.92 Å². The van der Waals surface area contributed by atoms with Crippen LogP contribution in [0.1, 0.15) is 34.6 Å².